The van der Waals surface area contributed by atoms with Gasteiger partial charge in [0.15, 0.2) is 5.65 Å². The van der Waals surface area contributed by atoms with E-state index < -0.39 is 12.1 Å². The Morgan fingerprint density at radius 2 is 1.91 bits per heavy atom. The summed E-state index contributed by atoms with van der Waals surface area (Å²) in [5, 5.41) is 15.5. The maximum Gasteiger partial charge on any atom is 0.490 e. The van der Waals surface area contributed by atoms with Crippen molar-refractivity contribution >= 4 is 46.2 Å². The summed E-state index contributed by atoms with van der Waals surface area (Å²) in [6.45, 7) is 1.93. The normalized spacial score (nSPS) is 19.6. The minimum absolute atomic E-state index is 0.332. The first-order valence-electron chi connectivity index (χ1n) is 11.0. The number of aromatic nitrogens is 4. The third-order valence-electron chi connectivity index (χ3n) is 6.77. The summed E-state index contributed by atoms with van der Waals surface area (Å²) in [6, 6.07) is 5.84. The first-order chi connectivity index (χ1) is 16.5. The van der Waals surface area contributed by atoms with Crippen molar-refractivity contribution in [1.82, 2.24) is 20.2 Å². The zero-order valence-electron chi connectivity index (χ0n) is 18.4. The molecule has 1 aliphatic heterocycles. The van der Waals surface area contributed by atoms with Crippen LogP contribution < -0.4 is 10.6 Å². The number of nitrogens with zero attached hydrogens (tertiary/aromatic N) is 4. The molecule has 3 aromatic rings. The molecule has 8 nitrogen and oxygen atoms in total. The fraction of sp³-hybridized carbons (Fsp3) is 0.455. The number of carboxylic acids is 1. The van der Waals surface area contributed by atoms with Gasteiger partial charge in [-0.3, -0.25) is 5.10 Å². The fourth-order valence-corrected chi connectivity index (χ4v) is 5.18. The van der Waals surface area contributed by atoms with E-state index in [1.807, 2.05) is 18.3 Å². The number of aliphatic carboxylic acids is 1. The number of anilines is 1. The first kappa shape index (κ1) is 25.5. The quantitative estimate of drug-likeness (QED) is 0.423. The highest BCUT2D eigenvalue weighted by Crippen LogP contribution is 2.46. The maximum atomic E-state index is 10.6. The number of nitrogens with one attached hydrogen (secondary N) is 1. The molecular weight excluding hydrogens is 508 g/mol. The van der Waals surface area contributed by atoms with Crippen LogP contribution in [-0.4, -0.2) is 56.5 Å². The van der Waals surface area contributed by atoms with Crippen LogP contribution in [0.4, 0.5) is 19.0 Å². The van der Waals surface area contributed by atoms with Crippen molar-refractivity contribution in [1.29, 1.82) is 0 Å². The number of H-pyrrole nitrogens is 1. The van der Waals surface area contributed by atoms with E-state index in [1.165, 1.54) is 12.8 Å². The van der Waals surface area contributed by atoms with Crippen LogP contribution in [0.15, 0.2) is 24.4 Å². The van der Waals surface area contributed by atoms with E-state index in [1.54, 1.807) is 6.07 Å². The minimum atomic E-state index is -5.08. The molecule has 2 aromatic heterocycles. The molecule has 1 aromatic carbocycles. The van der Waals surface area contributed by atoms with Gasteiger partial charge in [-0.25, -0.2) is 14.8 Å². The van der Waals surface area contributed by atoms with Gasteiger partial charge in [0.2, 0.25) is 0 Å². The lowest BCUT2D eigenvalue weighted by Gasteiger charge is -2.42. The van der Waals surface area contributed by atoms with E-state index in [9.17, 15) is 13.2 Å². The van der Waals surface area contributed by atoms with Gasteiger partial charge in [0.1, 0.15) is 17.0 Å². The number of carboxylic acid groups (broad SMARTS) is 1. The molecule has 0 unspecified atom stereocenters. The topological polar surface area (TPSA) is 121 Å². The molecule has 0 amide bonds. The van der Waals surface area contributed by atoms with E-state index >= 15 is 0 Å². The second kappa shape index (κ2) is 9.79. The summed E-state index contributed by atoms with van der Waals surface area (Å²) in [6.07, 6.45) is 2.68. The highest BCUT2D eigenvalue weighted by molar-refractivity contribution is 6.43. The molecule has 13 heteroatoms. The van der Waals surface area contributed by atoms with Gasteiger partial charge in [-0.05, 0) is 37.2 Å². The summed E-state index contributed by atoms with van der Waals surface area (Å²) < 4.78 is 31.7. The van der Waals surface area contributed by atoms with Gasteiger partial charge in [-0.1, -0.05) is 41.8 Å². The molecule has 1 aliphatic carbocycles. The van der Waals surface area contributed by atoms with Crippen molar-refractivity contribution < 1.29 is 23.1 Å². The van der Waals surface area contributed by atoms with Crippen LogP contribution in [0.5, 0.6) is 0 Å². The lowest BCUT2D eigenvalue weighted by atomic mass is 9.74. The van der Waals surface area contributed by atoms with Gasteiger partial charge in [-0.15, -0.1) is 0 Å². The second-order valence-corrected chi connectivity index (χ2v) is 9.54. The average molecular weight is 531 g/mol. The molecule has 0 bridgehead atoms. The Hall–Kier alpha value is -2.63. The lowest BCUT2D eigenvalue weighted by molar-refractivity contribution is -0.192. The number of halogens is 5. The molecule has 188 valence electrons. The van der Waals surface area contributed by atoms with Crippen LogP contribution in [0, 0.1) is 5.41 Å². The summed E-state index contributed by atoms with van der Waals surface area (Å²) in [5.74, 6) is -1.88. The average Bonchev–Trinajstić information content (AvgIpc) is 3.39. The van der Waals surface area contributed by atoms with Gasteiger partial charge in [0.25, 0.3) is 0 Å². The van der Waals surface area contributed by atoms with Crippen molar-refractivity contribution in [2.75, 3.05) is 18.0 Å². The maximum absolute atomic E-state index is 10.6. The molecule has 2 fully saturated rings. The van der Waals surface area contributed by atoms with Gasteiger partial charge in [-0.2, -0.15) is 18.3 Å². The van der Waals surface area contributed by atoms with Gasteiger partial charge in [0.05, 0.1) is 16.2 Å². The molecule has 1 saturated carbocycles. The fourth-order valence-electron chi connectivity index (χ4n) is 4.79. The molecule has 1 atom stereocenters. The van der Waals surface area contributed by atoms with E-state index in [0.717, 1.165) is 43.7 Å². The van der Waals surface area contributed by atoms with Crippen molar-refractivity contribution in [3.8, 4) is 11.3 Å². The number of benzene rings is 1. The van der Waals surface area contributed by atoms with Crippen LogP contribution in [0.25, 0.3) is 22.4 Å². The number of hydrogen-bond donors (Lipinski definition) is 3. The standard InChI is InChI=1S/C20H22Cl2N6.C2HF3O2/c21-13-4-1-3-12(16(13)22)17-18-19(27-26-17)25-15(11-24-18)28-9-7-20(8-10-28)6-2-5-14(20)23;3-2(4,5)1(6)7/h1,3-4,11,14H,2,5-10,23H2,(H,25,26,27);(H,6,7)/t14-;/m1./s1. The summed E-state index contributed by atoms with van der Waals surface area (Å²) in [5.41, 5.74) is 9.49. The molecule has 5 rings (SSSR count). The van der Waals surface area contributed by atoms with Crippen molar-refractivity contribution in [2.45, 2.75) is 44.3 Å². The third-order valence-corrected chi connectivity index (χ3v) is 7.59. The van der Waals surface area contributed by atoms with Crippen LogP contribution in [0.2, 0.25) is 10.0 Å². The molecule has 0 radical (unpaired) electrons. The molecule has 3 heterocycles. The summed E-state index contributed by atoms with van der Waals surface area (Å²) in [7, 11) is 0. The predicted octanol–water partition coefficient (Wildman–Crippen LogP) is 5.06. The zero-order chi connectivity index (χ0) is 25.4. The second-order valence-electron chi connectivity index (χ2n) is 8.75. The number of hydrogen-bond acceptors (Lipinski definition) is 6. The first-order valence-corrected chi connectivity index (χ1v) is 11.7. The number of piperidine rings is 1. The molecule has 2 aliphatic rings. The van der Waals surface area contributed by atoms with Gasteiger partial charge < -0.3 is 15.7 Å². The highest BCUT2D eigenvalue weighted by atomic mass is 35.5. The zero-order valence-corrected chi connectivity index (χ0v) is 20.0. The van der Waals surface area contributed by atoms with Crippen LogP contribution in [0.1, 0.15) is 32.1 Å². The Bertz CT molecular complexity index is 1230. The predicted molar refractivity (Wildman–Crippen MR) is 127 cm³/mol. The minimum Gasteiger partial charge on any atom is -0.475 e. The van der Waals surface area contributed by atoms with Crippen molar-refractivity contribution in [3.63, 3.8) is 0 Å². The Labute approximate surface area is 208 Å². The monoisotopic (exact) mass is 530 g/mol. The Morgan fingerprint density at radius 1 is 1.23 bits per heavy atom. The Kier molecular flexibility index (Phi) is 7.12. The van der Waals surface area contributed by atoms with Gasteiger partial charge in [0, 0.05) is 24.7 Å². The van der Waals surface area contributed by atoms with Gasteiger partial charge >= 0.3 is 12.1 Å². The molecular formula is C22H23Cl2F3N6O2. The highest BCUT2D eigenvalue weighted by Gasteiger charge is 2.43. The summed E-state index contributed by atoms with van der Waals surface area (Å²) >= 11 is 12.5. The molecule has 4 N–H and O–H groups in total. The van der Waals surface area contributed by atoms with Crippen LogP contribution in [-0.2, 0) is 4.79 Å². The smallest absolute Gasteiger partial charge is 0.475 e. The number of rotatable bonds is 2. The third kappa shape index (κ3) is 5.17. The van der Waals surface area contributed by atoms with Crippen LogP contribution in [0.3, 0.4) is 0 Å². The molecule has 35 heavy (non-hydrogen) atoms. The molecule has 1 saturated heterocycles. The van der Waals surface area contributed by atoms with E-state index in [-0.39, 0.29) is 0 Å². The van der Waals surface area contributed by atoms with Crippen molar-refractivity contribution in [2.24, 2.45) is 11.1 Å². The van der Waals surface area contributed by atoms with Crippen molar-refractivity contribution in [3.05, 3.63) is 34.4 Å². The number of nitrogens with two attached hydrogens (primary N) is 1. The number of fused-ring (bicyclic) bond motifs is 1. The Morgan fingerprint density at radius 3 is 2.51 bits per heavy atom. The number of alkyl halides is 3. The SMILES string of the molecule is N[C@@H]1CCCC12CCN(c1cnc3c(-c4cccc(Cl)c4Cl)n[nH]c3n1)CC2.O=C(O)C(F)(F)F. The van der Waals surface area contributed by atoms with E-state index in [0.29, 0.717) is 38.4 Å². The Balaban J connectivity index is 0.000000364. The van der Waals surface area contributed by atoms with Crippen LogP contribution >= 0.6 is 23.2 Å². The summed E-state index contributed by atoms with van der Waals surface area (Å²) in [4.78, 5) is 20.6. The number of aromatic amines is 1. The molecule has 1 spiro atoms. The number of carbonyl (C=O) groups is 1. The van der Waals surface area contributed by atoms with E-state index in [4.69, 9.17) is 43.8 Å². The van der Waals surface area contributed by atoms with E-state index in [2.05, 4.69) is 20.1 Å². The lowest BCUT2D eigenvalue weighted by Crippen LogP contribution is -2.47. The largest absolute Gasteiger partial charge is 0.490 e.